The van der Waals surface area contributed by atoms with Gasteiger partial charge in [0.1, 0.15) is 10.8 Å². The van der Waals surface area contributed by atoms with Gasteiger partial charge in [-0.25, -0.2) is 4.98 Å². The van der Waals surface area contributed by atoms with E-state index >= 15 is 0 Å². The van der Waals surface area contributed by atoms with E-state index in [0.717, 1.165) is 58.6 Å². The predicted molar refractivity (Wildman–Crippen MR) is 124 cm³/mol. The molecule has 0 spiro atoms. The van der Waals surface area contributed by atoms with Gasteiger partial charge >= 0.3 is 0 Å². The zero-order valence-electron chi connectivity index (χ0n) is 16.7. The van der Waals surface area contributed by atoms with Gasteiger partial charge in [-0.3, -0.25) is 0 Å². The monoisotopic (exact) mass is 434 g/mol. The van der Waals surface area contributed by atoms with Crippen molar-refractivity contribution in [1.29, 1.82) is 0 Å². The van der Waals surface area contributed by atoms with Gasteiger partial charge in [0, 0.05) is 35.5 Å². The minimum atomic E-state index is 0.497. The lowest BCUT2D eigenvalue weighted by Gasteiger charge is -2.30. The molecule has 7 heteroatoms. The molecule has 0 radical (unpaired) electrons. The Labute approximate surface area is 184 Å². The van der Waals surface area contributed by atoms with Crippen LogP contribution in [0.2, 0.25) is 0 Å². The first-order valence-corrected chi connectivity index (χ1v) is 11.7. The first-order chi connectivity index (χ1) is 14.8. The van der Waals surface area contributed by atoms with Crippen molar-refractivity contribution in [2.75, 3.05) is 25.1 Å². The van der Waals surface area contributed by atoms with Crippen molar-refractivity contribution in [3.8, 4) is 27.6 Å². The van der Waals surface area contributed by atoms with Gasteiger partial charge in [-0.1, -0.05) is 53.8 Å². The number of methoxy groups -OCH3 is 1. The molecule has 1 aliphatic rings. The van der Waals surface area contributed by atoms with Gasteiger partial charge in [-0.05, 0) is 25.0 Å². The van der Waals surface area contributed by atoms with Crippen LogP contribution >= 0.6 is 22.7 Å². The van der Waals surface area contributed by atoms with Crippen LogP contribution in [0.5, 0.6) is 5.75 Å². The van der Waals surface area contributed by atoms with Crippen molar-refractivity contribution in [3.63, 3.8) is 0 Å². The molecule has 0 bridgehead atoms. The summed E-state index contributed by atoms with van der Waals surface area (Å²) in [5, 5.41) is 14.2. The highest BCUT2D eigenvalue weighted by Crippen LogP contribution is 2.37. The van der Waals surface area contributed by atoms with E-state index in [1.165, 1.54) is 5.01 Å². The summed E-state index contributed by atoms with van der Waals surface area (Å²) in [5.41, 5.74) is 3.19. The SMILES string of the molecule is COc1ccccc1-c1csc(C2CCN(c3nnc(-c4ccccc4)s3)CC2)n1. The number of hydrogen-bond acceptors (Lipinski definition) is 7. The number of nitrogens with zero attached hydrogens (tertiary/aromatic N) is 4. The average molecular weight is 435 g/mol. The summed E-state index contributed by atoms with van der Waals surface area (Å²) in [5.74, 6) is 1.37. The number of ether oxygens (including phenoxy) is 1. The molecule has 0 saturated carbocycles. The molecule has 1 fully saturated rings. The lowest BCUT2D eigenvalue weighted by atomic mass is 9.98. The Morgan fingerprint density at radius 2 is 1.73 bits per heavy atom. The van der Waals surface area contributed by atoms with Gasteiger partial charge in [0.15, 0.2) is 0 Å². The molecule has 5 nitrogen and oxygen atoms in total. The fraction of sp³-hybridized carbons (Fsp3) is 0.261. The molecule has 5 rings (SSSR count). The highest BCUT2D eigenvalue weighted by molar-refractivity contribution is 7.18. The van der Waals surface area contributed by atoms with Crippen molar-refractivity contribution >= 4 is 27.8 Å². The van der Waals surface area contributed by atoms with Crippen LogP contribution in [0.4, 0.5) is 5.13 Å². The second kappa shape index (κ2) is 8.53. The largest absolute Gasteiger partial charge is 0.496 e. The van der Waals surface area contributed by atoms with Crippen molar-refractivity contribution in [2.45, 2.75) is 18.8 Å². The summed E-state index contributed by atoms with van der Waals surface area (Å²) in [6.07, 6.45) is 2.16. The number of benzene rings is 2. The third kappa shape index (κ3) is 3.82. The molecule has 0 N–H and O–H groups in total. The zero-order chi connectivity index (χ0) is 20.3. The molecule has 30 heavy (non-hydrogen) atoms. The van der Waals surface area contributed by atoms with Crippen molar-refractivity contribution in [1.82, 2.24) is 15.2 Å². The van der Waals surface area contributed by atoms with Gasteiger partial charge in [0.2, 0.25) is 5.13 Å². The molecule has 4 aromatic rings. The summed E-state index contributed by atoms with van der Waals surface area (Å²) < 4.78 is 5.50. The number of aromatic nitrogens is 3. The van der Waals surface area contributed by atoms with E-state index in [-0.39, 0.29) is 0 Å². The molecule has 3 heterocycles. The first-order valence-electron chi connectivity index (χ1n) is 10.0. The summed E-state index contributed by atoms with van der Waals surface area (Å²) in [6, 6.07) is 18.3. The molecule has 152 valence electrons. The molecule has 2 aromatic heterocycles. The van der Waals surface area contributed by atoms with Crippen LogP contribution in [0.1, 0.15) is 23.8 Å². The smallest absolute Gasteiger partial charge is 0.208 e. The van der Waals surface area contributed by atoms with Crippen LogP contribution in [0.15, 0.2) is 60.0 Å². The lowest BCUT2D eigenvalue weighted by molar-refractivity contribution is 0.416. The Hall–Kier alpha value is -2.77. The maximum absolute atomic E-state index is 5.50. The number of hydrogen-bond donors (Lipinski definition) is 0. The van der Waals surface area contributed by atoms with E-state index in [9.17, 15) is 0 Å². The van der Waals surface area contributed by atoms with E-state index in [1.54, 1.807) is 29.8 Å². The van der Waals surface area contributed by atoms with E-state index < -0.39 is 0 Å². The maximum atomic E-state index is 5.50. The minimum absolute atomic E-state index is 0.497. The molecule has 0 unspecified atom stereocenters. The average Bonchev–Trinajstić information content (AvgIpc) is 3.50. The van der Waals surface area contributed by atoms with Crippen LogP contribution in [-0.4, -0.2) is 35.4 Å². The van der Waals surface area contributed by atoms with E-state index in [0.29, 0.717) is 5.92 Å². The second-order valence-electron chi connectivity index (χ2n) is 7.29. The van der Waals surface area contributed by atoms with Gasteiger partial charge < -0.3 is 9.64 Å². The van der Waals surface area contributed by atoms with Gasteiger partial charge in [-0.2, -0.15) is 0 Å². The molecule has 1 saturated heterocycles. The Morgan fingerprint density at radius 3 is 2.53 bits per heavy atom. The Bertz CT molecular complexity index is 1120. The molecule has 2 aromatic carbocycles. The van der Waals surface area contributed by atoms with Crippen LogP contribution in [0.25, 0.3) is 21.8 Å². The maximum Gasteiger partial charge on any atom is 0.208 e. The fourth-order valence-corrected chi connectivity index (χ4v) is 5.71. The number of piperidine rings is 1. The molecule has 0 aliphatic carbocycles. The van der Waals surface area contributed by atoms with Gasteiger partial charge in [0.05, 0.1) is 17.8 Å². The molecule has 0 amide bonds. The van der Waals surface area contributed by atoms with Crippen molar-refractivity contribution < 1.29 is 4.74 Å². The Kier molecular flexibility index (Phi) is 5.46. The highest BCUT2D eigenvalue weighted by Gasteiger charge is 2.25. The molecule has 1 aliphatic heterocycles. The third-order valence-corrected chi connectivity index (χ3v) is 7.50. The fourth-order valence-electron chi connectivity index (χ4n) is 3.81. The number of rotatable bonds is 5. The summed E-state index contributed by atoms with van der Waals surface area (Å²) in [4.78, 5) is 7.31. The van der Waals surface area contributed by atoms with Crippen LogP contribution in [-0.2, 0) is 0 Å². The zero-order valence-corrected chi connectivity index (χ0v) is 18.3. The van der Waals surface area contributed by atoms with Crippen LogP contribution in [0, 0.1) is 0 Å². The predicted octanol–water partition coefficient (Wildman–Crippen LogP) is 5.72. The van der Waals surface area contributed by atoms with Gasteiger partial charge in [0.25, 0.3) is 0 Å². The van der Waals surface area contributed by atoms with E-state index in [2.05, 4.69) is 38.7 Å². The second-order valence-corrected chi connectivity index (χ2v) is 9.13. The van der Waals surface area contributed by atoms with E-state index in [1.807, 2.05) is 36.4 Å². The Morgan fingerprint density at radius 1 is 0.967 bits per heavy atom. The number of para-hydroxylation sites is 1. The molecular formula is C23H22N4OS2. The topological polar surface area (TPSA) is 51.1 Å². The number of anilines is 1. The van der Waals surface area contributed by atoms with E-state index in [4.69, 9.17) is 9.72 Å². The normalized spacial score (nSPS) is 14.8. The Balaban J connectivity index is 1.26. The van der Waals surface area contributed by atoms with Crippen LogP contribution < -0.4 is 9.64 Å². The summed E-state index contributed by atoms with van der Waals surface area (Å²) in [7, 11) is 1.71. The highest BCUT2D eigenvalue weighted by atomic mass is 32.1. The quantitative estimate of drug-likeness (QED) is 0.402. The van der Waals surface area contributed by atoms with Crippen LogP contribution in [0.3, 0.4) is 0 Å². The van der Waals surface area contributed by atoms with Gasteiger partial charge in [-0.15, -0.1) is 21.5 Å². The van der Waals surface area contributed by atoms with Crippen molar-refractivity contribution in [3.05, 3.63) is 65.0 Å². The first kappa shape index (κ1) is 19.2. The summed E-state index contributed by atoms with van der Waals surface area (Å²) >= 11 is 3.43. The third-order valence-electron chi connectivity index (χ3n) is 5.45. The number of thiazole rings is 1. The molecule has 0 atom stereocenters. The minimum Gasteiger partial charge on any atom is -0.496 e. The summed E-state index contributed by atoms with van der Waals surface area (Å²) in [6.45, 7) is 1.97. The van der Waals surface area contributed by atoms with Crippen molar-refractivity contribution in [2.24, 2.45) is 0 Å². The molecular weight excluding hydrogens is 412 g/mol. The lowest BCUT2D eigenvalue weighted by Crippen LogP contribution is -2.32. The standard InChI is InChI=1S/C23H22N4OS2/c1-28-20-10-6-5-9-18(20)19-15-29-21(24-19)17-11-13-27(14-12-17)23-26-25-22(30-23)16-7-3-2-4-8-16/h2-10,15,17H,11-14H2,1H3.